The lowest BCUT2D eigenvalue weighted by Gasteiger charge is -2.29. The maximum absolute atomic E-state index is 12.4. The van der Waals surface area contributed by atoms with E-state index in [-0.39, 0.29) is 12.1 Å². The number of carbonyl (C=O) groups excluding carboxylic acids is 1. The van der Waals surface area contributed by atoms with E-state index in [0.29, 0.717) is 36.1 Å². The van der Waals surface area contributed by atoms with Crippen LogP contribution in [0.3, 0.4) is 0 Å². The zero-order valence-electron chi connectivity index (χ0n) is 14.9. The molecule has 0 bridgehead atoms. The summed E-state index contributed by atoms with van der Waals surface area (Å²) in [7, 11) is 0. The average molecular weight is 378 g/mol. The van der Waals surface area contributed by atoms with Crippen molar-refractivity contribution in [2.24, 2.45) is 0 Å². The van der Waals surface area contributed by atoms with Crippen molar-refractivity contribution in [1.82, 2.24) is 15.4 Å². The molecule has 1 aliphatic heterocycles. The second-order valence-corrected chi connectivity index (χ2v) is 6.76. The van der Waals surface area contributed by atoms with Crippen molar-refractivity contribution in [3.05, 3.63) is 41.0 Å². The van der Waals surface area contributed by atoms with Gasteiger partial charge < -0.3 is 19.5 Å². The van der Waals surface area contributed by atoms with E-state index in [1.54, 1.807) is 17.0 Å². The highest BCUT2D eigenvalue weighted by Gasteiger charge is 2.20. The van der Waals surface area contributed by atoms with Gasteiger partial charge in [0.1, 0.15) is 5.69 Å². The monoisotopic (exact) mass is 377 g/mol. The third-order valence-corrected chi connectivity index (χ3v) is 4.82. The van der Waals surface area contributed by atoms with Crippen LogP contribution in [0.4, 0.5) is 4.79 Å². The molecule has 2 aromatic rings. The maximum Gasteiger partial charge on any atom is 0.317 e. The number of likely N-dealkylation sites (N-methyl/N-ethyl adjacent to an activating group) is 1. The lowest BCUT2D eigenvalue weighted by atomic mass is 10.1. The van der Waals surface area contributed by atoms with Crippen molar-refractivity contribution in [2.45, 2.75) is 38.8 Å². The van der Waals surface area contributed by atoms with E-state index >= 15 is 0 Å². The van der Waals surface area contributed by atoms with Crippen LogP contribution in [-0.2, 0) is 11.3 Å². The van der Waals surface area contributed by atoms with E-state index in [9.17, 15) is 4.79 Å². The number of urea groups is 1. The van der Waals surface area contributed by atoms with Gasteiger partial charge in [0.2, 0.25) is 0 Å². The van der Waals surface area contributed by atoms with Gasteiger partial charge in [-0.3, -0.25) is 0 Å². The zero-order chi connectivity index (χ0) is 18.4. The molecule has 7 heteroatoms. The first-order valence-electron chi connectivity index (χ1n) is 9.02. The molecule has 1 atom stereocenters. The molecule has 1 N–H and O–H groups in total. The van der Waals surface area contributed by atoms with Crippen molar-refractivity contribution in [1.29, 1.82) is 0 Å². The topological polar surface area (TPSA) is 67.6 Å². The Morgan fingerprint density at radius 2 is 2.23 bits per heavy atom. The van der Waals surface area contributed by atoms with Crippen LogP contribution < -0.4 is 5.32 Å². The number of carbonyl (C=O) groups is 1. The number of aromatic nitrogens is 1. The summed E-state index contributed by atoms with van der Waals surface area (Å²) in [6.07, 6.45) is 3.41. The summed E-state index contributed by atoms with van der Waals surface area (Å²) in [6, 6.07) is 9.09. The molecule has 1 aromatic carbocycles. The Morgan fingerprint density at radius 1 is 1.38 bits per heavy atom. The first kappa shape index (κ1) is 18.7. The van der Waals surface area contributed by atoms with E-state index in [0.717, 1.165) is 31.4 Å². The van der Waals surface area contributed by atoms with Crippen molar-refractivity contribution in [3.8, 4) is 11.3 Å². The Kier molecular flexibility index (Phi) is 6.52. The van der Waals surface area contributed by atoms with Gasteiger partial charge in [-0.2, -0.15) is 0 Å². The van der Waals surface area contributed by atoms with E-state index < -0.39 is 0 Å². The summed E-state index contributed by atoms with van der Waals surface area (Å²) in [4.78, 5) is 14.2. The number of halogens is 1. The number of ether oxygens (including phenoxy) is 1. The number of nitrogens with one attached hydrogen (secondary N) is 1. The van der Waals surface area contributed by atoms with Crippen LogP contribution in [-0.4, -0.2) is 41.9 Å². The predicted octanol–water partition coefficient (Wildman–Crippen LogP) is 4.10. The lowest BCUT2D eigenvalue weighted by Crippen LogP contribution is -2.44. The van der Waals surface area contributed by atoms with Gasteiger partial charge in [0.25, 0.3) is 0 Å². The molecule has 0 radical (unpaired) electrons. The van der Waals surface area contributed by atoms with Crippen molar-refractivity contribution in [3.63, 3.8) is 0 Å². The SMILES string of the molecule is CCN(C[C@H]1CCCCO1)C(=O)NCc1cc(-c2ccccc2Cl)on1. The molecule has 0 spiro atoms. The maximum atomic E-state index is 12.4. The summed E-state index contributed by atoms with van der Waals surface area (Å²) in [5, 5.41) is 7.51. The van der Waals surface area contributed by atoms with Crippen LogP contribution in [0.15, 0.2) is 34.9 Å². The van der Waals surface area contributed by atoms with Crippen molar-refractivity contribution >= 4 is 17.6 Å². The highest BCUT2D eigenvalue weighted by atomic mass is 35.5. The Balaban J connectivity index is 1.54. The summed E-state index contributed by atoms with van der Waals surface area (Å²) < 4.78 is 11.1. The largest absolute Gasteiger partial charge is 0.376 e. The van der Waals surface area contributed by atoms with Gasteiger partial charge >= 0.3 is 6.03 Å². The minimum atomic E-state index is -0.121. The number of hydrogen-bond donors (Lipinski definition) is 1. The molecule has 140 valence electrons. The van der Waals surface area contributed by atoms with Gasteiger partial charge in [0.05, 0.1) is 17.7 Å². The van der Waals surface area contributed by atoms with E-state index in [1.807, 2.05) is 25.1 Å². The molecule has 1 aliphatic rings. The fraction of sp³-hybridized carbons (Fsp3) is 0.474. The second-order valence-electron chi connectivity index (χ2n) is 6.35. The Labute approximate surface area is 158 Å². The van der Waals surface area contributed by atoms with Gasteiger partial charge in [-0.15, -0.1) is 0 Å². The molecular formula is C19H24ClN3O3. The van der Waals surface area contributed by atoms with Crippen molar-refractivity contribution in [2.75, 3.05) is 19.7 Å². The van der Waals surface area contributed by atoms with Gasteiger partial charge in [0.15, 0.2) is 5.76 Å². The molecule has 1 fully saturated rings. The van der Waals surface area contributed by atoms with Crippen LogP contribution in [0, 0.1) is 0 Å². The number of amides is 2. The fourth-order valence-electron chi connectivity index (χ4n) is 3.01. The Bertz CT molecular complexity index is 728. The van der Waals surface area contributed by atoms with Crippen molar-refractivity contribution < 1.29 is 14.1 Å². The lowest BCUT2D eigenvalue weighted by molar-refractivity contribution is 0.00131. The molecule has 0 saturated carbocycles. The number of benzene rings is 1. The van der Waals surface area contributed by atoms with Crippen LogP contribution in [0.1, 0.15) is 31.9 Å². The molecule has 2 heterocycles. The van der Waals surface area contributed by atoms with Gasteiger partial charge in [0, 0.05) is 31.3 Å². The minimum absolute atomic E-state index is 0.121. The van der Waals surface area contributed by atoms with Crippen LogP contribution in [0.5, 0.6) is 0 Å². The summed E-state index contributed by atoms with van der Waals surface area (Å²) in [5.41, 5.74) is 1.43. The minimum Gasteiger partial charge on any atom is -0.376 e. The standard InChI is InChI=1S/C19H24ClN3O3/c1-2-23(13-15-7-5-6-10-25-15)19(24)21-12-14-11-18(26-22-14)16-8-3-4-9-17(16)20/h3-4,8-9,11,15H,2,5-7,10,12-13H2,1H3,(H,21,24)/t15-/m1/s1. The predicted molar refractivity (Wildman–Crippen MR) is 100 cm³/mol. The smallest absolute Gasteiger partial charge is 0.317 e. The highest BCUT2D eigenvalue weighted by Crippen LogP contribution is 2.27. The van der Waals surface area contributed by atoms with Gasteiger partial charge in [-0.25, -0.2) is 4.79 Å². The highest BCUT2D eigenvalue weighted by molar-refractivity contribution is 6.33. The average Bonchev–Trinajstić information content (AvgIpc) is 3.14. The number of nitrogens with zero attached hydrogens (tertiary/aromatic N) is 2. The Morgan fingerprint density at radius 3 is 2.96 bits per heavy atom. The van der Waals surface area contributed by atoms with E-state index in [4.69, 9.17) is 20.9 Å². The molecular weight excluding hydrogens is 354 g/mol. The third-order valence-electron chi connectivity index (χ3n) is 4.49. The second kappa shape index (κ2) is 9.05. The first-order valence-corrected chi connectivity index (χ1v) is 9.40. The fourth-order valence-corrected chi connectivity index (χ4v) is 3.24. The van der Waals surface area contributed by atoms with Crippen LogP contribution >= 0.6 is 11.6 Å². The summed E-state index contributed by atoms with van der Waals surface area (Å²) in [5.74, 6) is 0.586. The molecule has 1 saturated heterocycles. The Hall–Kier alpha value is -2.05. The molecule has 2 amide bonds. The normalized spacial score (nSPS) is 17.1. The van der Waals surface area contributed by atoms with Crippen LogP contribution in [0.25, 0.3) is 11.3 Å². The molecule has 3 rings (SSSR count). The van der Waals surface area contributed by atoms with E-state index in [1.165, 1.54) is 0 Å². The molecule has 0 aliphatic carbocycles. The quantitative estimate of drug-likeness (QED) is 0.823. The van der Waals surface area contributed by atoms with Gasteiger partial charge in [-0.05, 0) is 38.3 Å². The van der Waals surface area contributed by atoms with Gasteiger partial charge in [-0.1, -0.05) is 28.9 Å². The summed E-state index contributed by atoms with van der Waals surface area (Å²) >= 11 is 6.17. The molecule has 6 nitrogen and oxygen atoms in total. The number of hydrogen-bond acceptors (Lipinski definition) is 4. The summed E-state index contributed by atoms with van der Waals surface area (Å²) in [6.45, 7) is 4.30. The third kappa shape index (κ3) is 4.77. The molecule has 1 aromatic heterocycles. The van der Waals surface area contributed by atoms with E-state index in [2.05, 4.69) is 10.5 Å². The zero-order valence-corrected chi connectivity index (χ0v) is 15.7. The first-order chi connectivity index (χ1) is 12.7. The van der Waals surface area contributed by atoms with Crippen LogP contribution in [0.2, 0.25) is 5.02 Å². The molecule has 26 heavy (non-hydrogen) atoms. The molecule has 0 unspecified atom stereocenters. The number of rotatable bonds is 6.